The fourth-order valence-electron chi connectivity index (χ4n) is 4.18. The van der Waals surface area contributed by atoms with Crippen molar-refractivity contribution in [1.29, 1.82) is 0 Å². The first-order chi connectivity index (χ1) is 14.0. The topological polar surface area (TPSA) is 59.8 Å². The summed E-state index contributed by atoms with van der Waals surface area (Å²) in [5.41, 5.74) is 0.907. The molecule has 0 spiro atoms. The number of benzene rings is 2. The monoisotopic (exact) mass is 413 g/mol. The summed E-state index contributed by atoms with van der Waals surface area (Å²) in [4.78, 5) is 28.2. The normalized spacial score (nSPS) is 21.2. The third-order valence-electron chi connectivity index (χ3n) is 5.54. The first kappa shape index (κ1) is 18.3. The van der Waals surface area contributed by atoms with Crippen LogP contribution in [0.5, 0.6) is 0 Å². The van der Waals surface area contributed by atoms with Crippen LogP contribution in [0.3, 0.4) is 0 Å². The van der Waals surface area contributed by atoms with Crippen LogP contribution in [-0.4, -0.2) is 30.1 Å². The second kappa shape index (κ2) is 6.97. The molecule has 3 heterocycles. The summed E-state index contributed by atoms with van der Waals surface area (Å²) >= 11 is 6.07. The van der Waals surface area contributed by atoms with Gasteiger partial charge in [0.1, 0.15) is 11.4 Å². The zero-order chi connectivity index (χ0) is 20.1. The van der Waals surface area contributed by atoms with Gasteiger partial charge in [0.05, 0.1) is 23.1 Å². The van der Waals surface area contributed by atoms with Gasteiger partial charge in [0, 0.05) is 18.2 Å². The lowest BCUT2D eigenvalue weighted by molar-refractivity contribution is 0.0486. The van der Waals surface area contributed by atoms with Crippen LogP contribution in [0, 0.1) is 5.82 Å². The summed E-state index contributed by atoms with van der Waals surface area (Å²) in [6.45, 7) is 0.988. The van der Waals surface area contributed by atoms with Crippen LogP contribution in [0.25, 0.3) is 11.0 Å². The van der Waals surface area contributed by atoms with E-state index in [1.165, 1.54) is 18.2 Å². The second-order valence-corrected chi connectivity index (χ2v) is 7.80. The van der Waals surface area contributed by atoms with E-state index in [1.807, 2.05) is 0 Å². The first-order valence-electron chi connectivity index (χ1n) is 9.47. The number of nitrogens with zero attached hydrogens (tertiary/aromatic N) is 1. The molecule has 0 saturated carbocycles. The van der Waals surface area contributed by atoms with E-state index < -0.39 is 6.04 Å². The lowest BCUT2D eigenvalue weighted by Gasteiger charge is -2.27. The number of halogens is 2. The molecule has 2 atom stereocenters. The van der Waals surface area contributed by atoms with E-state index in [0.717, 1.165) is 12.8 Å². The Bertz CT molecular complexity index is 1170. The van der Waals surface area contributed by atoms with Crippen molar-refractivity contribution >= 4 is 28.5 Å². The van der Waals surface area contributed by atoms with Gasteiger partial charge in [0.2, 0.25) is 5.76 Å². The van der Waals surface area contributed by atoms with Gasteiger partial charge in [-0.1, -0.05) is 23.7 Å². The lowest BCUT2D eigenvalue weighted by Crippen LogP contribution is -2.36. The summed E-state index contributed by atoms with van der Waals surface area (Å²) in [5.74, 6) is -0.725. The number of carbonyl (C=O) groups is 1. The Hall–Kier alpha value is -2.70. The molecule has 148 valence electrons. The third kappa shape index (κ3) is 3.03. The van der Waals surface area contributed by atoms with Crippen molar-refractivity contribution in [3.8, 4) is 0 Å². The molecule has 2 aliphatic rings. The molecule has 1 saturated heterocycles. The molecule has 1 fully saturated rings. The summed E-state index contributed by atoms with van der Waals surface area (Å²) in [6, 6.07) is 9.89. The van der Waals surface area contributed by atoms with Crippen LogP contribution in [0.1, 0.15) is 40.6 Å². The van der Waals surface area contributed by atoms with Gasteiger partial charge < -0.3 is 14.1 Å². The Kier molecular flexibility index (Phi) is 4.41. The molecule has 3 aromatic rings. The van der Waals surface area contributed by atoms with Crippen LogP contribution in [-0.2, 0) is 4.74 Å². The second-order valence-electron chi connectivity index (χ2n) is 7.36. The number of fused-ring (bicyclic) bond motifs is 2. The highest BCUT2D eigenvalue weighted by Crippen LogP contribution is 2.39. The van der Waals surface area contributed by atoms with Gasteiger partial charge in [0.25, 0.3) is 5.91 Å². The molecule has 1 amide bonds. The molecular weight excluding hydrogens is 397 g/mol. The Labute approximate surface area is 170 Å². The minimum absolute atomic E-state index is 0.0251. The predicted molar refractivity (Wildman–Crippen MR) is 106 cm³/mol. The Balaban J connectivity index is 1.71. The number of hydrogen-bond acceptors (Lipinski definition) is 4. The highest BCUT2D eigenvalue weighted by Gasteiger charge is 2.43. The van der Waals surface area contributed by atoms with E-state index >= 15 is 0 Å². The molecular formula is C22H17ClFNO4. The van der Waals surface area contributed by atoms with E-state index in [9.17, 15) is 14.0 Å². The van der Waals surface area contributed by atoms with Crippen molar-refractivity contribution in [2.45, 2.75) is 25.0 Å². The number of carbonyl (C=O) groups excluding carboxylic acids is 1. The average Bonchev–Trinajstić information content (AvgIpc) is 3.32. The molecule has 0 N–H and O–H groups in total. The average molecular weight is 414 g/mol. The fourth-order valence-corrected chi connectivity index (χ4v) is 4.35. The number of rotatable bonds is 3. The SMILES string of the molecule is O=C1c2oc3ccc(Cl)cc3c(=O)c2[C@H](c2ccc(F)cc2)N1C[C@H]1CCCO1. The quantitative estimate of drug-likeness (QED) is 0.642. The fraction of sp³-hybridized carbons (Fsp3) is 0.273. The maximum atomic E-state index is 13.5. The lowest BCUT2D eigenvalue weighted by atomic mass is 9.98. The van der Waals surface area contributed by atoms with E-state index in [0.29, 0.717) is 34.7 Å². The van der Waals surface area contributed by atoms with Crippen molar-refractivity contribution in [2.24, 2.45) is 0 Å². The van der Waals surface area contributed by atoms with Crippen molar-refractivity contribution in [3.05, 3.63) is 80.4 Å². The van der Waals surface area contributed by atoms with Gasteiger partial charge in [-0.05, 0) is 48.7 Å². The van der Waals surface area contributed by atoms with E-state index in [-0.39, 0.29) is 34.6 Å². The summed E-state index contributed by atoms with van der Waals surface area (Å²) < 4.78 is 25.1. The van der Waals surface area contributed by atoms with E-state index in [4.69, 9.17) is 20.8 Å². The zero-order valence-electron chi connectivity index (χ0n) is 15.4. The maximum absolute atomic E-state index is 13.5. The van der Waals surface area contributed by atoms with Crippen molar-refractivity contribution in [1.82, 2.24) is 4.90 Å². The van der Waals surface area contributed by atoms with E-state index in [2.05, 4.69) is 0 Å². The minimum Gasteiger partial charge on any atom is -0.450 e. The van der Waals surface area contributed by atoms with Crippen molar-refractivity contribution < 1.29 is 18.3 Å². The van der Waals surface area contributed by atoms with Crippen LogP contribution >= 0.6 is 11.6 Å². The molecule has 5 nitrogen and oxygen atoms in total. The number of ether oxygens (including phenoxy) is 1. The summed E-state index contributed by atoms with van der Waals surface area (Å²) in [5, 5.41) is 0.721. The molecule has 7 heteroatoms. The molecule has 0 aliphatic carbocycles. The molecule has 1 aromatic heterocycles. The van der Waals surface area contributed by atoms with Gasteiger partial charge in [-0.3, -0.25) is 9.59 Å². The van der Waals surface area contributed by atoms with Crippen LogP contribution in [0.4, 0.5) is 4.39 Å². The van der Waals surface area contributed by atoms with Gasteiger partial charge >= 0.3 is 0 Å². The van der Waals surface area contributed by atoms with Crippen LogP contribution in [0.2, 0.25) is 5.02 Å². The zero-order valence-corrected chi connectivity index (χ0v) is 16.1. The maximum Gasteiger partial charge on any atom is 0.291 e. The standard InChI is InChI=1S/C22H17ClFNO4/c23-13-5-8-17-16(10-13)20(26)18-19(12-3-6-14(24)7-4-12)25(22(27)21(18)29-17)11-15-2-1-9-28-15/h3-8,10,15,19H,1-2,9,11H2/t15-,19+/m1/s1. The number of hydrogen-bond donors (Lipinski definition) is 0. The Morgan fingerprint density at radius 1 is 1.14 bits per heavy atom. The smallest absolute Gasteiger partial charge is 0.291 e. The molecule has 2 aromatic carbocycles. The third-order valence-corrected chi connectivity index (χ3v) is 5.77. The van der Waals surface area contributed by atoms with Gasteiger partial charge in [-0.25, -0.2) is 4.39 Å². The minimum atomic E-state index is -0.665. The number of amides is 1. The van der Waals surface area contributed by atoms with Crippen molar-refractivity contribution in [2.75, 3.05) is 13.2 Å². The molecule has 5 rings (SSSR count). The molecule has 0 radical (unpaired) electrons. The van der Waals surface area contributed by atoms with Gasteiger partial charge in [-0.15, -0.1) is 0 Å². The Morgan fingerprint density at radius 3 is 2.66 bits per heavy atom. The van der Waals surface area contributed by atoms with Gasteiger partial charge in [-0.2, -0.15) is 0 Å². The van der Waals surface area contributed by atoms with Gasteiger partial charge in [0.15, 0.2) is 5.43 Å². The highest BCUT2D eigenvalue weighted by molar-refractivity contribution is 6.31. The molecule has 2 aliphatic heterocycles. The largest absolute Gasteiger partial charge is 0.450 e. The summed E-state index contributed by atoms with van der Waals surface area (Å²) in [6.07, 6.45) is 1.67. The highest BCUT2D eigenvalue weighted by atomic mass is 35.5. The Morgan fingerprint density at radius 2 is 1.93 bits per heavy atom. The van der Waals surface area contributed by atoms with Crippen LogP contribution in [0.15, 0.2) is 51.7 Å². The van der Waals surface area contributed by atoms with Crippen molar-refractivity contribution in [3.63, 3.8) is 0 Å². The predicted octanol–water partition coefficient (Wildman–Crippen LogP) is 4.31. The van der Waals surface area contributed by atoms with Crippen LogP contribution < -0.4 is 5.43 Å². The molecule has 29 heavy (non-hydrogen) atoms. The van der Waals surface area contributed by atoms with E-state index in [1.54, 1.807) is 29.2 Å². The molecule has 0 unspecified atom stereocenters. The summed E-state index contributed by atoms with van der Waals surface area (Å²) in [7, 11) is 0. The first-order valence-corrected chi connectivity index (χ1v) is 9.85. The molecule has 0 bridgehead atoms.